The predicted molar refractivity (Wildman–Crippen MR) is 101 cm³/mol. The number of furan rings is 1. The molecule has 0 aromatic carbocycles. The van der Waals surface area contributed by atoms with E-state index in [2.05, 4.69) is 6.92 Å². The van der Waals surface area contributed by atoms with Gasteiger partial charge in [0.15, 0.2) is 5.76 Å². The summed E-state index contributed by atoms with van der Waals surface area (Å²) >= 11 is 0. The standard InChI is InChI=1S/C21H33NO4/c1-2-3-4-5-6-7-8-9-10-16-26-21(24)18-13-11-15-22(18)20(23)19-14-12-17-25-19/h12,14,17-18H,2-11,13,15-16H2,1H3. The third-order valence-corrected chi connectivity index (χ3v) is 5.01. The smallest absolute Gasteiger partial charge is 0.328 e. The van der Waals surface area contributed by atoms with Crippen molar-refractivity contribution < 1.29 is 18.7 Å². The largest absolute Gasteiger partial charge is 0.464 e. The van der Waals surface area contributed by atoms with E-state index in [-0.39, 0.29) is 17.6 Å². The second-order valence-electron chi connectivity index (χ2n) is 7.13. The highest BCUT2D eigenvalue weighted by Crippen LogP contribution is 2.21. The van der Waals surface area contributed by atoms with Gasteiger partial charge in [-0.05, 0) is 31.4 Å². The molecule has 26 heavy (non-hydrogen) atoms. The van der Waals surface area contributed by atoms with Crippen LogP contribution in [0.2, 0.25) is 0 Å². The van der Waals surface area contributed by atoms with Gasteiger partial charge in [-0.3, -0.25) is 4.79 Å². The number of hydrogen-bond acceptors (Lipinski definition) is 4. The van der Waals surface area contributed by atoms with Gasteiger partial charge < -0.3 is 14.1 Å². The van der Waals surface area contributed by atoms with Gasteiger partial charge in [-0.25, -0.2) is 4.79 Å². The molecular formula is C21H33NO4. The Balaban J connectivity index is 1.58. The first-order valence-electron chi connectivity index (χ1n) is 10.2. The van der Waals surface area contributed by atoms with Crippen LogP contribution in [0.3, 0.4) is 0 Å². The first kappa shape index (κ1) is 20.5. The van der Waals surface area contributed by atoms with E-state index in [1.165, 1.54) is 51.2 Å². The Kier molecular flexibility index (Phi) is 9.29. The van der Waals surface area contributed by atoms with Crippen molar-refractivity contribution in [1.82, 2.24) is 4.90 Å². The molecule has 5 nitrogen and oxygen atoms in total. The van der Waals surface area contributed by atoms with Gasteiger partial charge in [-0.2, -0.15) is 0 Å². The van der Waals surface area contributed by atoms with Crippen molar-refractivity contribution >= 4 is 11.9 Å². The number of ether oxygens (including phenoxy) is 1. The molecule has 146 valence electrons. The van der Waals surface area contributed by atoms with E-state index in [1.807, 2.05) is 0 Å². The number of likely N-dealkylation sites (tertiary alicyclic amines) is 1. The maximum Gasteiger partial charge on any atom is 0.328 e. The van der Waals surface area contributed by atoms with E-state index in [0.29, 0.717) is 19.6 Å². The zero-order chi connectivity index (χ0) is 18.6. The summed E-state index contributed by atoms with van der Waals surface area (Å²) in [4.78, 5) is 26.3. The zero-order valence-electron chi connectivity index (χ0n) is 16.1. The van der Waals surface area contributed by atoms with Gasteiger partial charge >= 0.3 is 5.97 Å². The first-order valence-corrected chi connectivity index (χ1v) is 10.2. The maximum absolute atomic E-state index is 12.4. The highest BCUT2D eigenvalue weighted by atomic mass is 16.5. The van der Waals surface area contributed by atoms with E-state index >= 15 is 0 Å². The second kappa shape index (κ2) is 11.8. The first-order chi connectivity index (χ1) is 12.7. The molecule has 1 unspecified atom stereocenters. The molecule has 1 aromatic heterocycles. The van der Waals surface area contributed by atoms with Gasteiger partial charge in [0, 0.05) is 6.54 Å². The lowest BCUT2D eigenvalue weighted by molar-refractivity contribution is -0.148. The van der Waals surface area contributed by atoms with Crippen LogP contribution < -0.4 is 0 Å². The summed E-state index contributed by atoms with van der Waals surface area (Å²) in [6.45, 7) is 3.27. The molecule has 0 N–H and O–H groups in total. The summed E-state index contributed by atoms with van der Waals surface area (Å²) in [6.07, 6.45) is 14.1. The topological polar surface area (TPSA) is 59.8 Å². The SMILES string of the molecule is CCCCCCCCCCCOC(=O)C1CCCN1C(=O)c1ccco1. The average molecular weight is 363 g/mol. The molecule has 1 atom stereocenters. The maximum atomic E-state index is 12.4. The van der Waals surface area contributed by atoms with Gasteiger partial charge in [-0.1, -0.05) is 58.3 Å². The summed E-state index contributed by atoms with van der Waals surface area (Å²) in [5.41, 5.74) is 0. The molecule has 5 heteroatoms. The van der Waals surface area contributed by atoms with Crippen LogP contribution in [0.4, 0.5) is 0 Å². The molecule has 0 radical (unpaired) electrons. The lowest BCUT2D eigenvalue weighted by atomic mass is 10.1. The number of hydrogen-bond donors (Lipinski definition) is 0. The Morgan fingerprint density at radius 1 is 1.12 bits per heavy atom. The van der Waals surface area contributed by atoms with Crippen LogP contribution >= 0.6 is 0 Å². The molecule has 1 aliphatic heterocycles. The molecule has 1 amide bonds. The zero-order valence-corrected chi connectivity index (χ0v) is 16.1. The number of amides is 1. The molecule has 2 rings (SSSR count). The Hall–Kier alpha value is -1.78. The fraction of sp³-hybridized carbons (Fsp3) is 0.714. The number of unbranched alkanes of at least 4 members (excludes halogenated alkanes) is 8. The molecule has 0 bridgehead atoms. The summed E-state index contributed by atoms with van der Waals surface area (Å²) < 4.78 is 10.6. The van der Waals surface area contributed by atoms with E-state index in [4.69, 9.17) is 9.15 Å². The van der Waals surface area contributed by atoms with Crippen LogP contribution in [-0.4, -0.2) is 36.0 Å². The molecule has 0 aliphatic carbocycles. The number of esters is 1. The number of rotatable bonds is 12. The van der Waals surface area contributed by atoms with E-state index in [1.54, 1.807) is 17.0 Å². The minimum Gasteiger partial charge on any atom is -0.464 e. The van der Waals surface area contributed by atoms with Crippen LogP contribution in [0.15, 0.2) is 22.8 Å². The Morgan fingerprint density at radius 2 is 1.81 bits per heavy atom. The van der Waals surface area contributed by atoms with Crippen molar-refractivity contribution in [2.45, 2.75) is 83.6 Å². The molecule has 1 aromatic rings. The highest BCUT2D eigenvalue weighted by Gasteiger charge is 2.36. The number of carbonyl (C=O) groups is 2. The quantitative estimate of drug-likeness (QED) is 0.389. The molecule has 1 aliphatic rings. The second-order valence-corrected chi connectivity index (χ2v) is 7.13. The van der Waals surface area contributed by atoms with Crippen LogP contribution in [0.25, 0.3) is 0 Å². The van der Waals surface area contributed by atoms with Gasteiger partial charge in [0.25, 0.3) is 5.91 Å². The van der Waals surface area contributed by atoms with Crippen molar-refractivity contribution in [3.05, 3.63) is 24.2 Å². The van der Waals surface area contributed by atoms with Gasteiger partial charge in [0.2, 0.25) is 0 Å². The number of nitrogens with zero attached hydrogens (tertiary/aromatic N) is 1. The van der Waals surface area contributed by atoms with E-state index < -0.39 is 6.04 Å². The normalized spacial score (nSPS) is 16.8. The third kappa shape index (κ3) is 6.50. The van der Waals surface area contributed by atoms with E-state index in [0.717, 1.165) is 19.3 Å². The summed E-state index contributed by atoms with van der Waals surface area (Å²) in [7, 11) is 0. The van der Waals surface area contributed by atoms with Crippen molar-refractivity contribution in [1.29, 1.82) is 0 Å². The van der Waals surface area contributed by atoms with Crippen LogP contribution in [0.5, 0.6) is 0 Å². The van der Waals surface area contributed by atoms with Gasteiger partial charge in [0.05, 0.1) is 12.9 Å². The van der Waals surface area contributed by atoms with Crippen molar-refractivity contribution in [3.63, 3.8) is 0 Å². The molecule has 1 saturated heterocycles. The lowest BCUT2D eigenvalue weighted by Crippen LogP contribution is -2.41. The van der Waals surface area contributed by atoms with Gasteiger partial charge in [0.1, 0.15) is 6.04 Å². The Morgan fingerprint density at radius 3 is 2.46 bits per heavy atom. The summed E-state index contributed by atoms with van der Waals surface area (Å²) in [5, 5.41) is 0. The third-order valence-electron chi connectivity index (χ3n) is 5.01. The van der Waals surface area contributed by atoms with Crippen molar-refractivity contribution in [2.24, 2.45) is 0 Å². The molecular weight excluding hydrogens is 330 g/mol. The average Bonchev–Trinajstić information content (AvgIpc) is 3.34. The fourth-order valence-electron chi connectivity index (χ4n) is 3.48. The lowest BCUT2D eigenvalue weighted by Gasteiger charge is -2.22. The van der Waals surface area contributed by atoms with Crippen molar-refractivity contribution in [2.75, 3.05) is 13.2 Å². The predicted octanol–water partition coefficient (Wildman–Crippen LogP) is 4.96. The minimum absolute atomic E-state index is 0.225. The Labute approximate surface area is 157 Å². The fourth-order valence-corrected chi connectivity index (χ4v) is 3.48. The van der Waals surface area contributed by atoms with Gasteiger partial charge in [-0.15, -0.1) is 0 Å². The highest BCUT2D eigenvalue weighted by molar-refractivity contribution is 5.94. The summed E-state index contributed by atoms with van der Waals surface area (Å²) in [5.74, 6) is -0.219. The van der Waals surface area contributed by atoms with Crippen molar-refractivity contribution in [3.8, 4) is 0 Å². The number of carbonyl (C=O) groups excluding carboxylic acids is 2. The summed E-state index contributed by atoms with van der Waals surface area (Å²) in [6, 6.07) is 2.84. The van der Waals surface area contributed by atoms with Crippen LogP contribution in [-0.2, 0) is 9.53 Å². The van der Waals surface area contributed by atoms with Crippen LogP contribution in [0.1, 0.15) is 88.1 Å². The molecule has 1 fully saturated rings. The Bertz CT molecular complexity index is 526. The molecule has 0 spiro atoms. The van der Waals surface area contributed by atoms with E-state index in [9.17, 15) is 9.59 Å². The van der Waals surface area contributed by atoms with Crippen LogP contribution in [0, 0.1) is 0 Å². The molecule has 2 heterocycles. The monoisotopic (exact) mass is 363 g/mol. The minimum atomic E-state index is -0.467. The molecule has 0 saturated carbocycles.